The summed E-state index contributed by atoms with van der Waals surface area (Å²) < 4.78 is 75.6. The monoisotopic (exact) mass is 527 g/mol. The molecule has 7 nitrogen and oxygen atoms in total. The lowest BCUT2D eigenvalue weighted by Crippen LogP contribution is -2.56. The zero-order chi connectivity index (χ0) is 25.9. The molecule has 1 amide bonds. The summed E-state index contributed by atoms with van der Waals surface area (Å²) in [5.41, 5.74) is -3.18. The minimum absolute atomic E-state index is 0.0530. The molecule has 5 rings (SSSR count). The van der Waals surface area contributed by atoms with Crippen molar-refractivity contribution in [3.8, 4) is 16.3 Å². The van der Waals surface area contributed by atoms with E-state index < -0.39 is 58.1 Å². The molecule has 2 atom stereocenters. The van der Waals surface area contributed by atoms with Gasteiger partial charge in [-0.1, -0.05) is 6.07 Å². The molecule has 190 valence electrons. The number of alkyl halides is 3. The van der Waals surface area contributed by atoms with Gasteiger partial charge in [-0.3, -0.25) is 9.59 Å². The lowest BCUT2D eigenvalue weighted by atomic mass is 10.1. The van der Waals surface area contributed by atoms with Crippen LogP contribution in [0.3, 0.4) is 0 Å². The minimum Gasteiger partial charge on any atom is -0.503 e. The molecule has 2 aliphatic rings. The number of benzene rings is 1. The maximum atomic E-state index is 14.1. The molecule has 0 bridgehead atoms. The Hall–Kier alpha value is -3.32. The van der Waals surface area contributed by atoms with E-state index in [0.717, 1.165) is 12.1 Å². The topological polar surface area (TPSA) is 84.7 Å². The number of carbonyl (C=O) groups is 1. The van der Waals surface area contributed by atoms with E-state index in [0.29, 0.717) is 30.4 Å². The van der Waals surface area contributed by atoms with Crippen LogP contribution in [0.2, 0.25) is 0 Å². The predicted molar refractivity (Wildman–Crippen MR) is 118 cm³/mol. The van der Waals surface area contributed by atoms with E-state index in [4.69, 9.17) is 4.74 Å². The van der Waals surface area contributed by atoms with Crippen molar-refractivity contribution in [2.75, 3.05) is 6.61 Å². The number of aromatic nitrogens is 2. The Morgan fingerprint density at radius 2 is 2.00 bits per heavy atom. The molecule has 1 fully saturated rings. The Kier molecular flexibility index (Phi) is 5.86. The molecule has 1 saturated heterocycles. The summed E-state index contributed by atoms with van der Waals surface area (Å²) in [4.78, 5) is 30.6. The fourth-order valence-corrected chi connectivity index (χ4v) is 5.57. The first-order valence-corrected chi connectivity index (χ1v) is 11.7. The second-order valence-electron chi connectivity index (χ2n) is 8.60. The minimum atomic E-state index is -4.92. The Labute approximate surface area is 204 Å². The van der Waals surface area contributed by atoms with Crippen molar-refractivity contribution in [2.24, 2.45) is 0 Å². The number of carbonyl (C=O) groups excluding carboxylic acids is 1. The van der Waals surface area contributed by atoms with E-state index in [-0.39, 0.29) is 34.4 Å². The number of thiazole rings is 1. The highest BCUT2D eigenvalue weighted by Gasteiger charge is 2.42. The Morgan fingerprint density at radius 3 is 2.69 bits per heavy atom. The van der Waals surface area contributed by atoms with Gasteiger partial charge in [-0.15, -0.1) is 11.3 Å². The zero-order valence-corrected chi connectivity index (χ0v) is 19.4. The van der Waals surface area contributed by atoms with E-state index in [1.165, 1.54) is 15.7 Å². The Balaban J connectivity index is 1.61. The van der Waals surface area contributed by atoms with Gasteiger partial charge in [-0.25, -0.2) is 13.8 Å². The van der Waals surface area contributed by atoms with Gasteiger partial charge in [0.1, 0.15) is 16.6 Å². The lowest BCUT2D eigenvalue weighted by Gasteiger charge is -2.44. The molecular formula is C23H18F5N3O4S. The highest BCUT2D eigenvalue weighted by molar-refractivity contribution is 7.15. The predicted octanol–water partition coefficient (Wildman–Crippen LogP) is 4.16. The molecule has 0 spiro atoms. The zero-order valence-electron chi connectivity index (χ0n) is 18.6. The van der Waals surface area contributed by atoms with E-state index in [1.807, 2.05) is 6.92 Å². The summed E-state index contributed by atoms with van der Waals surface area (Å²) in [6.45, 7) is 2.26. The summed E-state index contributed by atoms with van der Waals surface area (Å²) in [5.74, 6) is -3.42. The van der Waals surface area contributed by atoms with Crippen LogP contribution in [0.25, 0.3) is 10.6 Å². The number of ether oxygens (including phenoxy) is 1. The van der Waals surface area contributed by atoms with Crippen molar-refractivity contribution < 1.29 is 36.6 Å². The number of hydrogen-bond acceptors (Lipinski definition) is 6. The summed E-state index contributed by atoms with van der Waals surface area (Å²) in [6, 6.07) is 2.33. The molecule has 1 aromatic carbocycles. The van der Waals surface area contributed by atoms with Crippen LogP contribution in [0.5, 0.6) is 5.75 Å². The fraction of sp³-hybridized carbons (Fsp3) is 0.348. The summed E-state index contributed by atoms with van der Waals surface area (Å²) in [6.07, 6.45) is -4.38. The molecular weight excluding hydrogens is 509 g/mol. The SMILES string of the molecule is C[C@@H]1CCOC2Cn3cc(-c4nc(C(F)(F)F)c(Cc5ccc(F)cc5F)s4)c(=O)c(O)c3C(=O)N21. The van der Waals surface area contributed by atoms with Crippen LogP contribution >= 0.6 is 11.3 Å². The van der Waals surface area contributed by atoms with Crippen molar-refractivity contribution in [1.82, 2.24) is 14.5 Å². The fourth-order valence-electron chi connectivity index (χ4n) is 4.46. The second kappa shape index (κ2) is 8.66. The van der Waals surface area contributed by atoms with Crippen LogP contribution in [0.4, 0.5) is 22.0 Å². The molecule has 2 aliphatic heterocycles. The van der Waals surface area contributed by atoms with Crippen molar-refractivity contribution in [1.29, 1.82) is 0 Å². The van der Waals surface area contributed by atoms with Crippen LogP contribution < -0.4 is 5.43 Å². The van der Waals surface area contributed by atoms with Gasteiger partial charge in [0, 0.05) is 29.6 Å². The van der Waals surface area contributed by atoms with Crippen molar-refractivity contribution >= 4 is 17.2 Å². The maximum absolute atomic E-state index is 14.1. The van der Waals surface area contributed by atoms with Gasteiger partial charge in [0.2, 0.25) is 5.43 Å². The molecule has 4 heterocycles. The van der Waals surface area contributed by atoms with Gasteiger partial charge >= 0.3 is 6.18 Å². The van der Waals surface area contributed by atoms with Crippen LogP contribution in [-0.4, -0.2) is 44.3 Å². The number of fused-ring (bicyclic) bond motifs is 2. The second-order valence-corrected chi connectivity index (χ2v) is 9.68. The van der Waals surface area contributed by atoms with E-state index >= 15 is 0 Å². The summed E-state index contributed by atoms with van der Waals surface area (Å²) in [5, 5.41) is 10.3. The van der Waals surface area contributed by atoms with E-state index in [2.05, 4.69) is 4.98 Å². The Morgan fingerprint density at radius 1 is 1.25 bits per heavy atom. The summed E-state index contributed by atoms with van der Waals surface area (Å²) >= 11 is 0.502. The van der Waals surface area contributed by atoms with Gasteiger partial charge in [0.05, 0.1) is 18.7 Å². The molecule has 13 heteroatoms. The van der Waals surface area contributed by atoms with Crippen molar-refractivity contribution in [3.63, 3.8) is 0 Å². The first kappa shape index (κ1) is 24.4. The smallest absolute Gasteiger partial charge is 0.434 e. The van der Waals surface area contributed by atoms with Gasteiger partial charge in [0.15, 0.2) is 23.4 Å². The number of halogens is 5. The molecule has 1 N–H and O–H groups in total. The van der Waals surface area contributed by atoms with E-state index in [1.54, 1.807) is 0 Å². The lowest BCUT2D eigenvalue weighted by molar-refractivity contribution is -0.141. The molecule has 3 aromatic rings. The van der Waals surface area contributed by atoms with Crippen molar-refractivity contribution in [2.45, 2.75) is 44.8 Å². The van der Waals surface area contributed by atoms with Gasteiger partial charge in [-0.05, 0) is 25.0 Å². The van der Waals surface area contributed by atoms with Gasteiger partial charge in [0.25, 0.3) is 5.91 Å². The first-order valence-electron chi connectivity index (χ1n) is 10.9. The Bertz CT molecular complexity index is 1430. The average molecular weight is 527 g/mol. The van der Waals surface area contributed by atoms with Crippen LogP contribution in [-0.2, 0) is 23.9 Å². The first-order chi connectivity index (χ1) is 17.0. The maximum Gasteiger partial charge on any atom is 0.434 e. The summed E-state index contributed by atoms with van der Waals surface area (Å²) in [7, 11) is 0. The van der Waals surface area contributed by atoms with Crippen LogP contribution in [0, 0.1) is 11.6 Å². The number of hydrogen-bond donors (Lipinski definition) is 1. The van der Waals surface area contributed by atoms with Crippen molar-refractivity contribution in [3.05, 3.63) is 68.1 Å². The average Bonchev–Trinajstić information content (AvgIpc) is 3.22. The van der Waals surface area contributed by atoms with E-state index in [9.17, 15) is 36.6 Å². The number of nitrogens with zero attached hydrogens (tertiary/aromatic N) is 3. The highest BCUT2D eigenvalue weighted by atomic mass is 32.1. The van der Waals surface area contributed by atoms with Gasteiger partial charge in [-0.2, -0.15) is 13.2 Å². The van der Waals surface area contributed by atoms with Crippen LogP contribution in [0.1, 0.15) is 40.0 Å². The number of amides is 1. The standard InChI is InChI=1S/C23H18F5N3O4S/c1-10-4-5-35-16-9-30-8-13(18(32)19(33)17(30)22(34)31(10)16)21-29-20(23(26,27)28)15(36-21)6-11-2-3-12(24)7-14(11)25/h2-3,7-8,10,16,33H,4-6,9H2,1H3/t10-,16?/m1/s1. The highest BCUT2D eigenvalue weighted by Crippen LogP contribution is 2.39. The quantitative estimate of drug-likeness (QED) is 0.518. The number of pyridine rings is 1. The van der Waals surface area contributed by atoms with Crippen LogP contribution in [0.15, 0.2) is 29.2 Å². The molecule has 0 aliphatic carbocycles. The largest absolute Gasteiger partial charge is 0.503 e. The number of rotatable bonds is 3. The molecule has 1 unspecified atom stereocenters. The molecule has 0 saturated carbocycles. The molecule has 2 aromatic heterocycles. The number of aromatic hydroxyl groups is 1. The molecule has 0 radical (unpaired) electrons. The third-order valence-electron chi connectivity index (χ3n) is 6.24. The van der Waals surface area contributed by atoms with Gasteiger partial charge < -0.3 is 19.3 Å². The molecule has 36 heavy (non-hydrogen) atoms. The third-order valence-corrected chi connectivity index (χ3v) is 7.33. The normalized spacial score (nSPS) is 19.8. The third kappa shape index (κ3) is 4.05.